The van der Waals surface area contributed by atoms with Crippen LogP contribution in [0.1, 0.15) is 33.5 Å². The largest absolute Gasteiger partial charge is 0.480 e. The van der Waals surface area contributed by atoms with Gasteiger partial charge in [-0.15, -0.1) is 11.8 Å². The lowest BCUT2D eigenvalue weighted by Gasteiger charge is -2.27. The first-order valence-corrected chi connectivity index (χ1v) is 11.6. The van der Waals surface area contributed by atoms with Crippen molar-refractivity contribution in [2.45, 2.75) is 24.3 Å². The van der Waals surface area contributed by atoms with Gasteiger partial charge in [0.1, 0.15) is 18.0 Å². The molecule has 2 atom stereocenters. The van der Waals surface area contributed by atoms with E-state index in [2.05, 4.69) is 24.3 Å². The van der Waals surface area contributed by atoms with Crippen molar-refractivity contribution in [3.8, 4) is 11.1 Å². The van der Waals surface area contributed by atoms with Crippen LogP contribution in [-0.4, -0.2) is 40.5 Å². The number of hydrogen-bond donors (Lipinski definition) is 1. The fourth-order valence-electron chi connectivity index (χ4n) is 4.58. The quantitative estimate of drug-likeness (QED) is 0.579. The molecule has 3 aromatic rings. The first-order valence-electron chi connectivity index (χ1n) is 10.6. The minimum Gasteiger partial charge on any atom is -0.480 e. The van der Waals surface area contributed by atoms with Crippen molar-refractivity contribution in [3.63, 3.8) is 0 Å². The molecule has 6 heteroatoms. The zero-order valence-electron chi connectivity index (χ0n) is 17.6. The summed E-state index contributed by atoms with van der Waals surface area (Å²) in [7, 11) is 0. The number of carbonyl (C=O) groups excluding carboxylic acids is 1. The van der Waals surface area contributed by atoms with Crippen molar-refractivity contribution in [2.75, 3.05) is 12.4 Å². The Morgan fingerprint density at radius 1 is 0.969 bits per heavy atom. The van der Waals surface area contributed by atoms with E-state index in [9.17, 15) is 14.7 Å². The summed E-state index contributed by atoms with van der Waals surface area (Å²) in [6, 6.07) is 23.2. The van der Waals surface area contributed by atoms with Gasteiger partial charge in [0.05, 0.1) is 0 Å². The minimum absolute atomic E-state index is 0.0669. The van der Waals surface area contributed by atoms with Gasteiger partial charge in [0.2, 0.25) is 0 Å². The van der Waals surface area contributed by atoms with E-state index in [0.29, 0.717) is 5.75 Å². The molecule has 0 aromatic heterocycles. The molecule has 1 amide bonds. The molecule has 0 spiro atoms. The second-order valence-electron chi connectivity index (χ2n) is 8.16. The monoisotopic (exact) mass is 445 g/mol. The summed E-state index contributed by atoms with van der Waals surface area (Å²) in [5, 5.41) is 9.34. The number of thioether (sulfide) groups is 1. The number of rotatable bonds is 4. The van der Waals surface area contributed by atoms with Gasteiger partial charge in [-0.3, -0.25) is 4.90 Å². The van der Waals surface area contributed by atoms with Crippen LogP contribution >= 0.6 is 11.8 Å². The Kier molecular flexibility index (Phi) is 5.39. The van der Waals surface area contributed by atoms with Crippen LogP contribution in [0.2, 0.25) is 0 Å². The van der Waals surface area contributed by atoms with E-state index >= 15 is 0 Å². The molecule has 5 rings (SSSR count). The fourth-order valence-corrected chi connectivity index (χ4v) is 5.99. The summed E-state index contributed by atoms with van der Waals surface area (Å²) in [6.45, 7) is 2.16. The maximum Gasteiger partial charge on any atom is 0.411 e. The summed E-state index contributed by atoms with van der Waals surface area (Å²) in [5.74, 6) is -0.749. The predicted molar refractivity (Wildman–Crippen MR) is 125 cm³/mol. The molecule has 1 fully saturated rings. The molecular formula is C26H23NO4S. The molecule has 32 heavy (non-hydrogen) atoms. The van der Waals surface area contributed by atoms with E-state index in [4.69, 9.17) is 4.74 Å². The van der Waals surface area contributed by atoms with E-state index in [-0.39, 0.29) is 17.9 Å². The molecule has 2 aliphatic rings. The lowest BCUT2D eigenvalue weighted by molar-refractivity contribution is -0.141. The van der Waals surface area contributed by atoms with Crippen LogP contribution in [0.5, 0.6) is 0 Å². The average molecular weight is 446 g/mol. The Morgan fingerprint density at radius 2 is 1.56 bits per heavy atom. The van der Waals surface area contributed by atoms with Crippen molar-refractivity contribution in [3.05, 3.63) is 95.1 Å². The topological polar surface area (TPSA) is 66.8 Å². The van der Waals surface area contributed by atoms with Crippen LogP contribution < -0.4 is 0 Å². The number of carbonyl (C=O) groups is 2. The second-order valence-corrected chi connectivity index (χ2v) is 9.27. The Balaban J connectivity index is 1.39. The Labute approximate surface area is 191 Å². The molecule has 1 heterocycles. The standard InChI is InChI=1S/C26H23NO4S/c1-16-10-12-17(13-11-16)24-27(23(15-32-24)25(28)29)26(30)31-14-22-20-8-4-2-6-18(20)19-7-3-5-9-21(19)22/h2-13,22-24H,14-15H2,1H3,(H,28,29). The third-order valence-electron chi connectivity index (χ3n) is 6.19. The summed E-state index contributed by atoms with van der Waals surface area (Å²) in [4.78, 5) is 26.5. The molecule has 0 bridgehead atoms. The van der Waals surface area contributed by atoms with Gasteiger partial charge < -0.3 is 9.84 Å². The van der Waals surface area contributed by atoms with Crippen molar-refractivity contribution in [1.29, 1.82) is 0 Å². The van der Waals surface area contributed by atoms with Crippen LogP contribution in [0, 0.1) is 6.92 Å². The Bertz CT molecular complexity index is 1130. The van der Waals surface area contributed by atoms with Crippen LogP contribution in [0.25, 0.3) is 11.1 Å². The van der Waals surface area contributed by atoms with Crippen molar-refractivity contribution < 1.29 is 19.4 Å². The van der Waals surface area contributed by atoms with Gasteiger partial charge in [0, 0.05) is 11.7 Å². The Morgan fingerprint density at radius 3 is 2.16 bits per heavy atom. The number of nitrogens with zero attached hydrogens (tertiary/aromatic N) is 1. The van der Waals surface area contributed by atoms with Crippen LogP contribution in [0.15, 0.2) is 72.8 Å². The van der Waals surface area contributed by atoms with Crippen LogP contribution in [-0.2, 0) is 9.53 Å². The van der Waals surface area contributed by atoms with E-state index in [0.717, 1.165) is 33.4 Å². The third-order valence-corrected chi connectivity index (χ3v) is 7.52. The van der Waals surface area contributed by atoms with Crippen molar-refractivity contribution in [2.24, 2.45) is 0 Å². The van der Waals surface area contributed by atoms with Crippen molar-refractivity contribution in [1.82, 2.24) is 4.90 Å². The number of fused-ring (bicyclic) bond motifs is 3. The molecule has 0 saturated carbocycles. The summed E-state index contributed by atoms with van der Waals surface area (Å²) in [6.07, 6.45) is -0.588. The van der Waals surface area contributed by atoms with Gasteiger partial charge in [-0.1, -0.05) is 78.4 Å². The lowest BCUT2D eigenvalue weighted by atomic mass is 9.98. The maximum absolute atomic E-state index is 13.2. The highest BCUT2D eigenvalue weighted by Crippen LogP contribution is 2.45. The molecule has 1 N–H and O–H groups in total. The molecule has 162 valence electrons. The summed E-state index contributed by atoms with van der Waals surface area (Å²) in [5.41, 5.74) is 6.57. The van der Waals surface area contributed by atoms with E-state index in [1.54, 1.807) is 0 Å². The molecule has 5 nitrogen and oxygen atoms in total. The van der Waals surface area contributed by atoms with Crippen LogP contribution in [0.3, 0.4) is 0 Å². The maximum atomic E-state index is 13.2. The number of amides is 1. The van der Waals surface area contributed by atoms with Crippen molar-refractivity contribution >= 4 is 23.8 Å². The van der Waals surface area contributed by atoms with Gasteiger partial charge in [0.25, 0.3) is 0 Å². The highest BCUT2D eigenvalue weighted by molar-refractivity contribution is 7.99. The molecule has 0 radical (unpaired) electrons. The zero-order chi connectivity index (χ0) is 22.2. The molecule has 2 unspecified atom stereocenters. The number of aryl methyl sites for hydroxylation is 1. The predicted octanol–water partition coefficient (Wildman–Crippen LogP) is 5.44. The lowest BCUT2D eigenvalue weighted by Crippen LogP contribution is -2.43. The first-order chi connectivity index (χ1) is 15.5. The zero-order valence-corrected chi connectivity index (χ0v) is 18.4. The fraction of sp³-hybridized carbons (Fsp3) is 0.231. The number of carboxylic acids is 1. The van der Waals surface area contributed by atoms with E-state index in [1.165, 1.54) is 16.7 Å². The summed E-state index contributed by atoms with van der Waals surface area (Å²) >= 11 is 1.45. The average Bonchev–Trinajstić information content (AvgIpc) is 3.38. The molecule has 3 aromatic carbocycles. The normalized spacial score (nSPS) is 19.5. The third kappa shape index (κ3) is 3.54. The number of ether oxygens (including phenoxy) is 1. The minimum atomic E-state index is -1.01. The summed E-state index contributed by atoms with van der Waals surface area (Å²) < 4.78 is 5.79. The number of carboxylic acid groups (broad SMARTS) is 1. The highest BCUT2D eigenvalue weighted by atomic mass is 32.2. The van der Waals surface area contributed by atoms with Gasteiger partial charge in [0.15, 0.2) is 0 Å². The van der Waals surface area contributed by atoms with Gasteiger partial charge in [-0.25, -0.2) is 9.59 Å². The molecule has 1 aliphatic heterocycles. The number of hydrogen-bond acceptors (Lipinski definition) is 4. The number of benzene rings is 3. The Hall–Kier alpha value is -3.25. The molecule has 1 aliphatic carbocycles. The molecular weight excluding hydrogens is 422 g/mol. The van der Waals surface area contributed by atoms with E-state index in [1.807, 2.05) is 55.5 Å². The highest BCUT2D eigenvalue weighted by Gasteiger charge is 2.44. The SMILES string of the molecule is Cc1ccc(C2SCC(C(=O)O)N2C(=O)OCC2c3ccccc3-c3ccccc32)cc1. The molecule has 1 saturated heterocycles. The van der Waals surface area contributed by atoms with Gasteiger partial charge in [-0.2, -0.15) is 0 Å². The first kappa shape index (κ1) is 20.6. The van der Waals surface area contributed by atoms with Gasteiger partial charge >= 0.3 is 12.1 Å². The second kappa shape index (κ2) is 8.36. The number of aliphatic carboxylic acids is 1. The van der Waals surface area contributed by atoms with Gasteiger partial charge in [-0.05, 0) is 34.7 Å². The van der Waals surface area contributed by atoms with Crippen LogP contribution in [0.4, 0.5) is 4.79 Å². The smallest absolute Gasteiger partial charge is 0.411 e. The van der Waals surface area contributed by atoms with E-state index < -0.39 is 18.1 Å².